The van der Waals surface area contributed by atoms with Crippen LogP contribution in [0, 0.1) is 0 Å². The van der Waals surface area contributed by atoms with E-state index in [0.29, 0.717) is 13.0 Å². The minimum atomic E-state index is 0.0843. The predicted molar refractivity (Wildman–Crippen MR) is 82.8 cm³/mol. The number of amides is 1. The fourth-order valence-corrected chi connectivity index (χ4v) is 2.07. The zero-order valence-electron chi connectivity index (χ0n) is 12.4. The molecular weight excluding hydrogens is 264 g/mol. The second-order valence-electron chi connectivity index (χ2n) is 5.02. The van der Waals surface area contributed by atoms with Crippen LogP contribution in [0.25, 0.3) is 0 Å². The van der Waals surface area contributed by atoms with E-state index in [1.54, 1.807) is 6.20 Å². The van der Waals surface area contributed by atoms with Gasteiger partial charge in [0.05, 0.1) is 12.7 Å². The van der Waals surface area contributed by atoms with Crippen molar-refractivity contribution in [3.8, 4) is 0 Å². The van der Waals surface area contributed by atoms with Gasteiger partial charge in [-0.2, -0.15) is 5.10 Å². The van der Waals surface area contributed by atoms with E-state index in [1.807, 2.05) is 36.1 Å². The Bertz CT molecular complexity index is 550. The van der Waals surface area contributed by atoms with Gasteiger partial charge >= 0.3 is 0 Å². The van der Waals surface area contributed by atoms with Crippen LogP contribution in [0.2, 0.25) is 0 Å². The van der Waals surface area contributed by atoms with Gasteiger partial charge in [-0.3, -0.25) is 9.48 Å². The molecule has 0 unspecified atom stereocenters. The summed E-state index contributed by atoms with van der Waals surface area (Å²) in [5.41, 5.74) is 2.23. The average molecular weight is 286 g/mol. The van der Waals surface area contributed by atoms with Crippen molar-refractivity contribution in [2.24, 2.45) is 0 Å². The maximum absolute atomic E-state index is 11.6. The van der Waals surface area contributed by atoms with Gasteiger partial charge < -0.3 is 10.6 Å². The molecule has 0 spiro atoms. The van der Waals surface area contributed by atoms with Gasteiger partial charge in [0.1, 0.15) is 0 Å². The molecule has 1 aromatic carbocycles. The predicted octanol–water partition coefficient (Wildman–Crippen LogP) is 1.55. The first-order valence-corrected chi connectivity index (χ1v) is 7.24. The van der Waals surface area contributed by atoms with Crippen molar-refractivity contribution in [2.45, 2.75) is 25.9 Å². The monoisotopic (exact) mass is 286 g/mol. The smallest absolute Gasteiger partial charge is 0.220 e. The number of nitrogens with zero attached hydrogens (tertiary/aromatic N) is 2. The number of nitrogens with one attached hydrogen (secondary N) is 2. The highest BCUT2D eigenvalue weighted by Gasteiger charge is 2.03. The molecule has 0 atom stereocenters. The van der Waals surface area contributed by atoms with Crippen LogP contribution in [0.4, 0.5) is 0 Å². The summed E-state index contributed by atoms with van der Waals surface area (Å²) in [5.74, 6) is 0.0843. The van der Waals surface area contributed by atoms with Gasteiger partial charge in [0.15, 0.2) is 0 Å². The molecule has 21 heavy (non-hydrogen) atoms. The molecule has 1 heterocycles. The number of carbonyl (C=O) groups is 1. The van der Waals surface area contributed by atoms with Crippen LogP contribution in [0.15, 0.2) is 42.7 Å². The second kappa shape index (κ2) is 8.21. The summed E-state index contributed by atoms with van der Waals surface area (Å²) in [6, 6.07) is 10.2. The van der Waals surface area contributed by atoms with Gasteiger partial charge in [-0.1, -0.05) is 30.3 Å². The van der Waals surface area contributed by atoms with E-state index in [4.69, 9.17) is 0 Å². The topological polar surface area (TPSA) is 59.0 Å². The zero-order chi connectivity index (χ0) is 14.9. The molecule has 1 amide bonds. The lowest BCUT2D eigenvalue weighted by Gasteiger charge is -2.03. The van der Waals surface area contributed by atoms with Crippen molar-refractivity contribution in [1.29, 1.82) is 0 Å². The molecular formula is C16H22N4O. The van der Waals surface area contributed by atoms with Crippen molar-refractivity contribution in [2.75, 3.05) is 13.6 Å². The van der Waals surface area contributed by atoms with Gasteiger partial charge in [-0.05, 0) is 25.6 Å². The maximum Gasteiger partial charge on any atom is 0.220 e. The largest absolute Gasteiger partial charge is 0.352 e. The summed E-state index contributed by atoms with van der Waals surface area (Å²) >= 11 is 0. The van der Waals surface area contributed by atoms with Crippen molar-refractivity contribution in [3.05, 3.63) is 53.9 Å². The number of hydrogen-bond acceptors (Lipinski definition) is 3. The maximum atomic E-state index is 11.6. The Labute approximate surface area is 125 Å². The van der Waals surface area contributed by atoms with Crippen molar-refractivity contribution >= 4 is 5.91 Å². The van der Waals surface area contributed by atoms with Crippen LogP contribution in [-0.2, 0) is 17.9 Å². The molecule has 0 saturated carbocycles. The summed E-state index contributed by atoms with van der Waals surface area (Å²) in [5, 5.41) is 10.3. The van der Waals surface area contributed by atoms with E-state index in [0.717, 1.165) is 25.1 Å². The Morgan fingerprint density at radius 1 is 1.24 bits per heavy atom. The van der Waals surface area contributed by atoms with E-state index in [9.17, 15) is 4.79 Å². The van der Waals surface area contributed by atoms with Crippen molar-refractivity contribution in [3.63, 3.8) is 0 Å². The number of rotatable bonds is 8. The van der Waals surface area contributed by atoms with Gasteiger partial charge in [-0.15, -0.1) is 0 Å². The zero-order valence-corrected chi connectivity index (χ0v) is 12.4. The van der Waals surface area contributed by atoms with E-state index in [2.05, 4.69) is 27.9 Å². The summed E-state index contributed by atoms with van der Waals surface area (Å²) < 4.78 is 1.89. The first-order chi connectivity index (χ1) is 10.3. The summed E-state index contributed by atoms with van der Waals surface area (Å²) in [7, 11) is 1.89. The lowest BCUT2D eigenvalue weighted by Crippen LogP contribution is -2.23. The SMILES string of the molecule is CNCCCC(=O)NCc1cnn(Cc2ccccc2)c1. The quantitative estimate of drug-likeness (QED) is 0.724. The van der Waals surface area contributed by atoms with E-state index >= 15 is 0 Å². The highest BCUT2D eigenvalue weighted by molar-refractivity contribution is 5.75. The molecule has 0 saturated heterocycles. The van der Waals surface area contributed by atoms with Crippen LogP contribution in [-0.4, -0.2) is 29.3 Å². The van der Waals surface area contributed by atoms with Crippen LogP contribution in [0.5, 0.6) is 0 Å². The Morgan fingerprint density at radius 2 is 2.05 bits per heavy atom. The van der Waals surface area contributed by atoms with E-state index < -0.39 is 0 Å². The molecule has 0 radical (unpaired) electrons. The fourth-order valence-electron chi connectivity index (χ4n) is 2.07. The molecule has 0 bridgehead atoms. The summed E-state index contributed by atoms with van der Waals surface area (Å²) in [4.78, 5) is 11.6. The highest BCUT2D eigenvalue weighted by Crippen LogP contribution is 2.04. The fraction of sp³-hybridized carbons (Fsp3) is 0.375. The normalized spacial score (nSPS) is 10.5. The van der Waals surface area contributed by atoms with Crippen LogP contribution >= 0.6 is 0 Å². The first-order valence-electron chi connectivity index (χ1n) is 7.24. The van der Waals surface area contributed by atoms with Crippen molar-refractivity contribution < 1.29 is 4.79 Å². The van der Waals surface area contributed by atoms with Gasteiger partial charge in [0.2, 0.25) is 5.91 Å². The van der Waals surface area contributed by atoms with Gasteiger partial charge in [-0.25, -0.2) is 0 Å². The lowest BCUT2D eigenvalue weighted by atomic mass is 10.2. The molecule has 1 aromatic heterocycles. The Kier molecular flexibility index (Phi) is 5.97. The molecule has 112 valence electrons. The van der Waals surface area contributed by atoms with Crippen LogP contribution < -0.4 is 10.6 Å². The van der Waals surface area contributed by atoms with Gasteiger partial charge in [0.25, 0.3) is 0 Å². The molecule has 0 aliphatic heterocycles. The number of benzene rings is 1. The van der Waals surface area contributed by atoms with E-state index in [-0.39, 0.29) is 5.91 Å². The Hall–Kier alpha value is -2.14. The standard InChI is InChI=1S/C16H22N4O/c1-17-9-5-8-16(21)18-10-15-11-19-20(13-15)12-14-6-3-2-4-7-14/h2-4,6-7,11,13,17H,5,8-10,12H2,1H3,(H,18,21). The van der Waals surface area contributed by atoms with Crippen LogP contribution in [0.1, 0.15) is 24.0 Å². The third kappa shape index (κ3) is 5.39. The molecule has 2 aromatic rings. The second-order valence-corrected chi connectivity index (χ2v) is 5.02. The average Bonchev–Trinajstić information content (AvgIpc) is 2.94. The molecule has 0 aliphatic rings. The minimum Gasteiger partial charge on any atom is -0.352 e. The highest BCUT2D eigenvalue weighted by atomic mass is 16.1. The molecule has 0 fully saturated rings. The lowest BCUT2D eigenvalue weighted by molar-refractivity contribution is -0.121. The summed E-state index contributed by atoms with van der Waals surface area (Å²) in [6.07, 6.45) is 5.19. The molecule has 2 N–H and O–H groups in total. The number of hydrogen-bond donors (Lipinski definition) is 2. The molecule has 2 rings (SSSR count). The Balaban J connectivity index is 1.77. The van der Waals surface area contributed by atoms with E-state index in [1.165, 1.54) is 5.56 Å². The first kappa shape index (κ1) is 15.3. The number of carbonyl (C=O) groups excluding carboxylic acids is 1. The minimum absolute atomic E-state index is 0.0843. The Morgan fingerprint density at radius 3 is 2.81 bits per heavy atom. The molecule has 5 nitrogen and oxygen atoms in total. The third-order valence-electron chi connectivity index (χ3n) is 3.19. The van der Waals surface area contributed by atoms with Crippen LogP contribution in [0.3, 0.4) is 0 Å². The molecule has 0 aliphatic carbocycles. The van der Waals surface area contributed by atoms with Crippen molar-refractivity contribution in [1.82, 2.24) is 20.4 Å². The third-order valence-corrected chi connectivity index (χ3v) is 3.19. The summed E-state index contributed by atoms with van der Waals surface area (Å²) in [6.45, 7) is 2.15. The van der Waals surface area contributed by atoms with Gasteiger partial charge in [0, 0.05) is 24.7 Å². The number of aromatic nitrogens is 2. The molecule has 5 heteroatoms.